The van der Waals surface area contributed by atoms with E-state index in [-0.39, 0.29) is 11.8 Å². The molecule has 0 aromatic heterocycles. The predicted octanol–water partition coefficient (Wildman–Crippen LogP) is 2.73. The van der Waals surface area contributed by atoms with Gasteiger partial charge in [0.25, 0.3) is 0 Å². The molecule has 18 heavy (non-hydrogen) atoms. The Morgan fingerprint density at radius 3 is 2.39 bits per heavy atom. The fourth-order valence-corrected chi connectivity index (χ4v) is 2.65. The predicted molar refractivity (Wildman–Crippen MR) is 74.2 cm³/mol. The summed E-state index contributed by atoms with van der Waals surface area (Å²) in [4.78, 5) is 12.0. The van der Waals surface area contributed by atoms with Crippen LogP contribution in [0.1, 0.15) is 59.8 Å². The Bertz CT molecular complexity index is 264. The molecule has 0 radical (unpaired) electrons. The molecule has 1 fully saturated rings. The van der Waals surface area contributed by atoms with E-state index in [0.717, 1.165) is 32.1 Å². The number of carbonyl (C=O) groups is 1. The van der Waals surface area contributed by atoms with Gasteiger partial charge in [-0.15, -0.1) is 0 Å². The van der Waals surface area contributed by atoms with E-state index in [0.29, 0.717) is 17.9 Å². The maximum atomic E-state index is 12.0. The zero-order valence-corrected chi connectivity index (χ0v) is 12.3. The van der Waals surface area contributed by atoms with Gasteiger partial charge in [0, 0.05) is 12.5 Å². The van der Waals surface area contributed by atoms with Gasteiger partial charge in [0.05, 0.1) is 6.10 Å². The first-order chi connectivity index (χ1) is 8.30. The molecule has 1 aliphatic rings. The highest BCUT2D eigenvalue weighted by molar-refractivity contribution is 5.78. The van der Waals surface area contributed by atoms with Gasteiger partial charge in [0.15, 0.2) is 0 Å². The van der Waals surface area contributed by atoms with Crippen molar-refractivity contribution in [2.24, 2.45) is 17.3 Å². The van der Waals surface area contributed by atoms with Gasteiger partial charge in [0.1, 0.15) is 0 Å². The molecule has 1 amide bonds. The number of aliphatic hydroxyl groups is 1. The van der Waals surface area contributed by atoms with Gasteiger partial charge in [-0.1, -0.05) is 27.7 Å². The van der Waals surface area contributed by atoms with Crippen molar-refractivity contribution in [1.82, 2.24) is 5.32 Å². The molecule has 0 heterocycles. The third-order valence-electron chi connectivity index (χ3n) is 3.97. The van der Waals surface area contributed by atoms with Crippen LogP contribution in [0.3, 0.4) is 0 Å². The molecule has 3 heteroatoms. The Hall–Kier alpha value is -0.570. The molecule has 0 bridgehead atoms. The van der Waals surface area contributed by atoms with Gasteiger partial charge in [-0.2, -0.15) is 0 Å². The lowest BCUT2D eigenvalue weighted by molar-refractivity contribution is -0.127. The van der Waals surface area contributed by atoms with Gasteiger partial charge in [-0.25, -0.2) is 0 Å². The summed E-state index contributed by atoms with van der Waals surface area (Å²) in [5.41, 5.74) is 0.397. The lowest BCUT2D eigenvalue weighted by atomic mass is 9.73. The highest BCUT2D eigenvalue weighted by atomic mass is 16.3. The van der Waals surface area contributed by atoms with Crippen molar-refractivity contribution >= 4 is 5.91 Å². The molecule has 3 nitrogen and oxygen atoms in total. The molecule has 106 valence electrons. The first-order valence-corrected chi connectivity index (χ1v) is 7.26. The molecule has 1 aliphatic carbocycles. The number of hydrogen-bond donors (Lipinski definition) is 2. The summed E-state index contributed by atoms with van der Waals surface area (Å²) in [5.74, 6) is 0.755. The zero-order chi connectivity index (χ0) is 13.8. The quantitative estimate of drug-likeness (QED) is 0.793. The van der Waals surface area contributed by atoms with Gasteiger partial charge < -0.3 is 10.4 Å². The van der Waals surface area contributed by atoms with Crippen LogP contribution in [0.5, 0.6) is 0 Å². The fraction of sp³-hybridized carbons (Fsp3) is 0.933. The molecule has 1 unspecified atom stereocenters. The summed E-state index contributed by atoms with van der Waals surface area (Å²) in [6.45, 7) is 9.10. The summed E-state index contributed by atoms with van der Waals surface area (Å²) >= 11 is 0. The summed E-state index contributed by atoms with van der Waals surface area (Å²) in [7, 11) is 0. The number of carbonyl (C=O) groups excluding carboxylic acids is 1. The van der Waals surface area contributed by atoms with Crippen LogP contribution in [0, 0.1) is 17.3 Å². The summed E-state index contributed by atoms with van der Waals surface area (Å²) in [6.07, 6.45) is 4.56. The second-order valence-electron chi connectivity index (χ2n) is 6.97. The largest absolute Gasteiger partial charge is 0.391 e. The SMILES string of the molecule is CC(C)CC(O)CNC(=O)C1CCC(C)(C)CC1. The van der Waals surface area contributed by atoms with Crippen molar-refractivity contribution in [1.29, 1.82) is 0 Å². The van der Waals surface area contributed by atoms with Crippen LogP contribution in [0.2, 0.25) is 0 Å². The second kappa shape index (κ2) is 6.55. The van der Waals surface area contributed by atoms with Crippen molar-refractivity contribution in [3.63, 3.8) is 0 Å². The molecule has 1 saturated carbocycles. The van der Waals surface area contributed by atoms with E-state index in [1.807, 2.05) is 0 Å². The lowest BCUT2D eigenvalue weighted by Gasteiger charge is -2.33. The fourth-order valence-electron chi connectivity index (χ4n) is 2.65. The van der Waals surface area contributed by atoms with Crippen LogP contribution in [0.15, 0.2) is 0 Å². The maximum Gasteiger partial charge on any atom is 0.223 e. The number of nitrogens with one attached hydrogen (secondary N) is 1. The Morgan fingerprint density at radius 2 is 1.89 bits per heavy atom. The molecule has 0 aromatic carbocycles. The smallest absolute Gasteiger partial charge is 0.223 e. The molecule has 0 spiro atoms. The van der Waals surface area contributed by atoms with Crippen LogP contribution in [0.4, 0.5) is 0 Å². The van der Waals surface area contributed by atoms with E-state index >= 15 is 0 Å². The van der Waals surface area contributed by atoms with Crippen molar-refractivity contribution in [2.75, 3.05) is 6.54 Å². The van der Waals surface area contributed by atoms with Crippen LogP contribution in [-0.2, 0) is 4.79 Å². The van der Waals surface area contributed by atoms with E-state index in [2.05, 4.69) is 33.0 Å². The number of amides is 1. The normalized spacial score (nSPS) is 21.9. The Balaban J connectivity index is 2.25. The average Bonchev–Trinajstić information content (AvgIpc) is 2.25. The van der Waals surface area contributed by atoms with E-state index in [1.165, 1.54) is 0 Å². The number of hydrogen-bond acceptors (Lipinski definition) is 2. The van der Waals surface area contributed by atoms with E-state index in [9.17, 15) is 9.90 Å². The molecule has 0 aliphatic heterocycles. The molecule has 2 N–H and O–H groups in total. The number of aliphatic hydroxyl groups excluding tert-OH is 1. The first kappa shape index (κ1) is 15.5. The summed E-state index contributed by atoms with van der Waals surface area (Å²) < 4.78 is 0. The molecule has 0 saturated heterocycles. The molecule has 1 rings (SSSR count). The molecular weight excluding hydrogens is 226 g/mol. The molecular formula is C15H29NO2. The van der Waals surface area contributed by atoms with Gasteiger partial charge in [-0.05, 0) is 43.4 Å². The second-order valence-corrected chi connectivity index (χ2v) is 6.97. The third kappa shape index (κ3) is 5.38. The van der Waals surface area contributed by atoms with Crippen molar-refractivity contribution < 1.29 is 9.90 Å². The van der Waals surface area contributed by atoms with E-state index in [4.69, 9.17) is 0 Å². The average molecular weight is 255 g/mol. The molecule has 0 aromatic rings. The summed E-state index contributed by atoms with van der Waals surface area (Å²) in [5, 5.41) is 12.6. The van der Waals surface area contributed by atoms with Crippen LogP contribution in [0.25, 0.3) is 0 Å². The van der Waals surface area contributed by atoms with Gasteiger partial charge >= 0.3 is 0 Å². The Morgan fingerprint density at radius 1 is 1.33 bits per heavy atom. The zero-order valence-electron chi connectivity index (χ0n) is 12.3. The van der Waals surface area contributed by atoms with Gasteiger partial charge in [-0.3, -0.25) is 4.79 Å². The maximum absolute atomic E-state index is 12.0. The van der Waals surface area contributed by atoms with Gasteiger partial charge in [0.2, 0.25) is 5.91 Å². The minimum Gasteiger partial charge on any atom is -0.391 e. The lowest BCUT2D eigenvalue weighted by Crippen LogP contribution is -2.38. The van der Waals surface area contributed by atoms with E-state index in [1.54, 1.807) is 0 Å². The number of rotatable bonds is 5. The topological polar surface area (TPSA) is 49.3 Å². The van der Waals surface area contributed by atoms with Crippen LogP contribution >= 0.6 is 0 Å². The highest BCUT2D eigenvalue weighted by Gasteiger charge is 2.30. The third-order valence-corrected chi connectivity index (χ3v) is 3.97. The van der Waals surface area contributed by atoms with Crippen molar-refractivity contribution in [3.05, 3.63) is 0 Å². The highest BCUT2D eigenvalue weighted by Crippen LogP contribution is 2.37. The summed E-state index contributed by atoms with van der Waals surface area (Å²) in [6, 6.07) is 0. The standard InChI is InChI=1S/C15H29NO2/c1-11(2)9-13(17)10-16-14(18)12-5-7-15(3,4)8-6-12/h11-13,17H,5-10H2,1-4H3,(H,16,18). The first-order valence-electron chi connectivity index (χ1n) is 7.26. The van der Waals surface area contributed by atoms with Crippen molar-refractivity contribution in [3.8, 4) is 0 Å². The molecule has 1 atom stereocenters. The minimum atomic E-state index is -0.408. The Kier molecular flexibility index (Phi) is 5.64. The Labute approximate surface area is 111 Å². The van der Waals surface area contributed by atoms with Crippen LogP contribution < -0.4 is 5.32 Å². The minimum absolute atomic E-state index is 0.133. The van der Waals surface area contributed by atoms with Crippen molar-refractivity contribution in [2.45, 2.75) is 65.9 Å². The van der Waals surface area contributed by atoms with E-state index < -0.39 is 6.10 Å². The monoisotopic (exact) mass is 255 g/mol. The van der Waals surface area contributed by atoms with Crippen LogP contribution in [-0.4, -0.2) is 23.7 Å².